The van der Waals surface area contributed by atoms with E-state index in [0.717, 1.165) is 18.4 Å². The topological polar surface area (TPSA) is 107 Å². The van der Waals surface area contributed by atoms with E-state index in [1.54, 1.807) is 0 Å². The first kappa shape index (κ1) is 20.8. The zero-order valence-electron chi connectivity index (χ0n) is 17.4. The smallest absolute Gasteiger partial charge is 0.268 e. The minimum atomic E-state index is -0.531. The number of rotatable bonds is 10. The molecule has 7 nitrogen and oxygen atoms in total. The van der Waals surface area contributed by atoms with Gasteiger partial charge in [0.05, 0.1) is 23.7 Å². The van der Waals surface area contributed by atoms with Crippen LogP contribution in [0.2, 0.25) is 0 Å². The van der Waals surface area contributed by atoms with Gasteiger partial charge in [-0.05, 0) is 26.3 Å². The molecule has 156 valence electrons. The summed E-state index contributed by atoms with van der Waals surface area (Å²) in [6, 6.07) is 7.65. The Kier molecular flexibility index (Phi) is 6.80. The predicted octanol–water partition coefficient (Wildman–Crippen LogP) is 3.87. The molecule has 0 saturated carbocycles. The molecule has 0 aliphatic rings. The number of hydrogen-bond donors (Lipinski definition) is 4. The summed E-state index contributed by atoms with van der Waals surface area (Å²) in [5.74, 6) is 0.171. The van der Waals surface area contributed by atoms with Crippen LogP contribution in [0.4, 0.5) is 0 Å². The van der Waals surface area contributed by atoms with Gasteiger partial charge in [-0.3, -0.25) is 19.8 Å². The molecular formula is C22H30N4O3. The van der Waals surface area contributed by atoms with Crippen LogP contribution >= 0.6 is 0 Å². The third-order valence-corrected chi connectivity index (χ3v) is 5.34. The summed E-state index contributed by atoms with van der Waals surface area (Å²) in [5, 5.41) is 11.0. The highest BCUT2D eigenvalue weighted by Gasteiger charge is 2.30. The van der Waals surface area contributed by atoms with Gasteiger partial charge < -0.3 is 14.9 Å². The van der Waals surface area contributed by atoms with Crippen molar-refractivity contribution in [2.75, 3.05) is 6.61 Å². The van der Waals surface area contributed by atoms with Crippen molar-refractivity contribution in [2.24, 2.45) is 0 Å². The second-order valence-corrected chi connectivity index (χ2v) is 7.47. The Balaban J connectivity index is 1.98. The van der Waals surface area contributed by atoms with E-state index in [4.69, 9.17) is 4.74 Å². The minimum Gasteiger partial charge on any atom is -0.493 e. The standard InChI is InChI=1S/C22H30N4O3/c1-4-5-6-7-10-13-29-17-12-9-8-11-16(17)20(18-14(2)23-25-21(18)27)19-15(3)24-26-22(19)28/h8-9,11-12,20H,4-7,10,13H2,1-3H3,(H2,23,25,27)(H2,24,26,28). The Labute approximate surface area is 169 Å². The van der Waals surface area contributed by atoms with Gasteiger partial charge in [-0.15, -0.1) is 0 Å². The van der Waals surface area contributed by atoms with Crippen molar-refractivity contribution in [3.63, 3.8) is 0 Å². The van der Waals surface area contributed by atoms with Gasteiger partial charge >= 0.3 is 0 Å². The third kappa shape index (κ3) is 4.55. The van der Waals surface area contributed by atoms with Gasteiger partial charge in [-0.2, -0.15) is 0 Å². The fraction of sp³-hybridized carbons (Fsp3) is 0.455. The summed E-state index contributed by atoms with van der Waals surface area (Å²) < 4.78 is 6.11. The third-order valence-electron chi connectivity index (χ3n) is 5.34. The first-order valence-electron chi connectivity index (χ1n) is 10.3. The van der Waals surface area contributed by atoms with E-state index in [0.29, 0.717) is 34.9 Å². The molecular weight excluding hydrogens is 368 g/mol. The lowest BCUT2D eigenvalue weighted by atomic mass is 9.85. The number of para-hydroxylation sites is 1. The second-order valence-electron chi connectivity index (χ2n) is 7.47. The maximum absolute atomic E-state index is 12.6. The van der Waals surface area contributed by atoms with Gasteiger partial charge in [0, 0.05) is 17.0 Å². The second kappa shape index (κ2) is 9.49. The van der Waals surface area contributed by atoms with Crippen molar-refractivity contribution in [3.8, 4) is 5.75 Å². The van der Waals surface area contributed by atoms with Gasteiger partial charge in [-0.1, -0.05) is 50.8 Å². The monoisotopic (exact) mass is 398 g/mol. The number of aromatic nitrogens is 4. The zero-order chi connectivity index (χ0) is 20.8. The molecule has 0 unspecified atom stereocenters. The molecule has 0 spiro atoms. The number of benzene rings is 1. The molecule has 3 rings (SSSR count). The van der Waals surface area contributed by atoms with E-state index >= 15 is 0 Å². The Hall–Kier alpha value is -2.96. The average Bonchev–Trinajstić information content (AvgIpc) is 3.22. The van der Waals surface area contributed by atoms with E-state index in [1.165, 1.54) is 19.3 Å². The van der Waals surface area contributed by atoms with Crippen LogP contribution in [0, 0.1) is 13.8 Å². The fourth-order valence-electron chi connectivity index (χ4n) is 3.80. The summed E-state index contributed by atoms with van der Waals surface area (Å²) in [5.41, 5.74) is 2.80. The van der Waals surface area contributed by atoms with Crippen LogP contribution in [0.5, 0.6) is 5.75 Å². The van der Waals surface area contributed by atoms with Crippen LogP contribution in [0.15, 0.2) is 33.9 Å². The van der Waals surface area contributed by atoms with Crippen LogP contribution in [-0.4, -0.2) is 27.0 Å². The van der Waals surface area contributed by atoms with E-state index in [-0.39, 0.29) is 11.1 Å². The first-order valence-corrected chi connectivity index (χ1v) is 10.3. The molecule has 0 aliphatic heterocycles. The maximum atomic E-state index is 12.6. The molecule has 0 aliphatic carbocycles. The van der Waals surface area contributed by atoms with Crippen molar-refractivity contribution < 1.29 is 4.74 Å². The summed E-state index contributed by atoms with van der Waals surface area (Å²) >= 11 is 0. The van der Waals surface area contributed by atoms with Gasteiger partial charge in [0.25, 0.3) is 11.1 Å². The lowest BCUT2D eigenvalue weighted by Crippen LogP contribution is -2.21. The summed E-state index contributed by atoms with van der Waals surface area (Å²) in [6.45, 7) is 6.46. The van der Waals surface area contributed by atoms with Crippen molar-refractivity contribution in [3.05, 3.63) is 73.1 Å². The molecule has 3 aromatic rings. The van der Waals surface area contributed by atoms with E-state index in [2.05, 4.69) is 27.3 Å². The lowest BCUT2D eigenvalue weighted by molar-refractivity contribution is 0.301. The summed E-state index contributed by atoms with van der Waals surface area (Å²) in [7, 11) is 0. The van der Waals surface area contributed by atoms with Crippen molar-refractivity contribution in [1.29, 1.82) is 0 Å². The highest BCUT2D eigenvalue weighted by atomic mass is 16.5. The van der Waals surface area contributed by atoms with Gasteiger partial charge in [-0.25, -0.2) is 0 Å². The van der Waals surface area contributed by atoms with Crippen molar-refractivity contribution in [1.82, 2.24) is 20.4 Å². The number of unbranched alkanes of at least 4 members (excludes halogenated alkanes) is 4. The predicted molar refractivity (Wildman–Crippen MR) is 114 cm³/mol. The number of aromatic amines is 4. The molecule has 0 atom stereocenters. The number of aryl methyl sites for hydroxylation is 2. The quantitative estimate of drug-likeness (QED) is 0.390. The molecule has 0 radical (unpaired) electrons. The maximum Gasteiger partial charge on any atom is 0.268 e. The average molecular weight is 399 g/mol. The van der Waals surface area contributed by atoms with Gasteiger partial charge in [0.1, 0.15) is 5.75 Å². The van der Waals surface area contributed by atoms with E-state index in [9.17, 15) is 9.59 Å². The number of H-pyrrole nitrogens is 4. The number of nitrogens with one attached hydrogen (secondary N) is 4. The minimum absolute atomic E-state index is 0.234. The van der Waals surface area contributed by atoms with E-state index < -0.39 is 5.92 Å². The molecule has 0 saturated heterocycles. The highest BCUT2D eigenvalue weighted by molar-refractivity contribution is 5.50. The van der Waals surface area contributed by atoms with Crippen LogP contribution < -0.4 is 15.9 Å². The van der Waals surface area contributed by atoms with Crippen LogP contribution in [0.25, 0.3) is 0 Å². The molecule has 29 heavy (non-hydrogen) atoms. The van der Waals surface area contributed by atoms with Crippen LogP contribution in [0.3, 0.4) is 0 Å². The summed E-state index contributed by atoms with van der Waals surface area (Å²) in [6.07, 6.45) is 5.77. The Morgan fingerprint density at radius 1 is 0.828 bits per heavy atom. The zero-order valence-corrected chi connectivity index (χ0v) is 17.4. The SMILES string of the molecule is CCCCCCCOc1ccccc1C(c1c(C)[nH][nH]c1=O)c1c(C)[nH][nH]c1=O. The van der Waals surface area contributed by atoms with Crippen LogP contribution in [-0.2, 0) is 0 Å². The van der Waals surface area contributed by atoms with Crippen molar-refractivity contribution >= 4 is 0 Å². The summed E-state index contributed by atoms with van der Waals surface area (Å²) in [4.78, 5) is 25.2. The largest absolute Gasteiger partial charge is 0.493 e. The molecule has 0 amide bonds. The fourth-order valence-corrected chi connectivity index (χ4v) is 3.80. The number of hydrogen-bond acceptors (Lipinski definition) is 3. The number of ether oxygens (including phenoxy) is 1. The molecule has 7 heteroatoms. The van der Waals surface area contributed by atoms with Gasteiger partial charge in [0.15, 0.2) is 0 Å². The van der Waals surface area contributed by atoms with Crippen LogP contribution in [0.1, 0.15) is 73.0 Å². The molecule has 0 fully saturated rings. The first-order chi connectivity index (χ1) is 14.0. The Morgan fingerprint density at radius 3 is 1.97 bits per heavy atom. The molecule has 0 bridgehead atoms. The lowest BCUT2D eigenvalue weighted by Gasteiger charge is -2.19. The Morgan fingerprint density at radius 2 is 1.41 bits per heavy atom. The van der Waals surface area contributed by atoms with Crippen molar-refractivity contribution in [2.45, 2.75) is 58.8 Å². The molecule has 2 aromatic heterocycles. The Bertz CT molecular complexity index is 987. The highest BCUT2D eigenvalue weighted by Crippen LogP contribution is 2.36. The molecule has 2 heterocycles. The molecule has 1 aromatic carbocycles. The van der Waals surface area contributed by atoms with Gasteiger partial charge in [0.2, 0.25) is 0 Å². The molecule has 4 N–H and O–H groups in total. The normalized spacial score (nSPS) is 11.3. The van der Waals surface area contributed by atoms with E-state index in [1.807, 2.05) is 38.1 Å².